The summed E-state index contributed by atoms with van der Waals surface area (Å²) in [6, 6.07) is 16.7. The minimum atomic E-state index is 0.00907. The number of benzene rings is 2. The Morgan fingerprint density at radius 2 is 2.06 bits per heavy atom. The van der Waals surface area contributed by atoms with Crippen LogP contribution in [0.3, 0.4) is 0 Å². The van der Waals surface area contributed by atoms with E-state index in [1.54, 1.807) is 0 Å². The number of aryl methyl sites for hydroxylation is 1. The Morgan fingerprint density at radius 3 is 2.90 bits per heavy atom. The number of fused-ring (bicyclic) bond motifs is 1. The van der Waals surface area contributed by atoms with Gasteiger partial charge < -0.3 is 14.5 Å². The fourth-order valence-corrected chi connectivity index (χ4v) is 4.92. The van der Waals surface area contributed by atoms with Crippen LogP contribution in [-0.2, 0) is 17.6 Å². The number of nitriles is 1. The van der Waals surface area contributed by atoms with E-state index in [-0.39, 0.29) is 12.5 Å². The molecule has 0 saturated carbocycles. The summed E-state index contributed by atoms with van der Waals surface area (Å²) in [5.41, 5.74) is 4.55. The highest BCUT2D eigenvalue weighted by Gasteiger charge is 2.26. The third-order valence-electron chi connectivity index (χ3n) is 6.47. The third kappa shape index (κ3) is 4.85. The molecule has 2 aliphatic heterocycles. The maximum absolute atomic E-state index is 13.2. The Kier molecular flexibility index (Phi) is 6.76. The number of hydrogen-bond donors (Lipinski definition) is 0. The van der Waals surface area contributed by atoms with Gasteiger partial charge in [-0.05, 0) is 80.0 Å². The van der Waals surface area contributed by atoms with Gasteiger partial charge in [0.25, 0.3) is 0 Å². The van der Waals surface area contributed by atoms with Crippen LogP contribution in [0.25, 0.3) is 0 Å². The van der Waals surface area contributed by atoms with Crippen molar-refractivity contribution in [1.29, 1.82) is 5.26 Å². The van der Waals surface area contributed by atoms with Crippen molar-refractivity contribution >= 4 is 17.3 Å². The number of hydrogen-bond acceptors (Lipinski definition) is 4. The number of carbonyl (C=O) groups is 1. The quantitative estimate of drug-likeness (QED) is 0.672. The predicted octanol–water partition coefficient (Wildman–Crippen LogP) is 4.88. The second kappa shape index (κ2) is 9.87. The lowest BCUT2D eigenvalue weighted by Gasteiger charge is -2.38. The smallest absolute Gasteiger partial charge is 0.231 e. The van der Waals surface area contributed by atoms with Gasteiger partial charge in [-0.3, -0.25) is 4.79 Å². The molecule has 2 aromatic rings. The minimum Gasteiger partial charge on any atom is -0.479 e. The molecule has 1 unspecified atom stereocenters. The van der Waals surface area contributed by atoms with Gasteiger partial charge in [-0.2, -0.15) is 5.26 Å². The number of ether oxygens (including phenoxy) is 1. The number of carbonyl (C=O) groups excluding carboxylic acids is 1. The van der Waals surface area contributed by atoms with Crippen molar-refractivity contribution in [3.8, 4) is 11.8 Å². The van der Waals surface area contributed by atoms with Crippen molar-refractivity contribution in [2.45, 2.75) is 57.9 Å². The summed E-state index contributed by atoms with van der Waals surface area (Å²) in [7, 11) is 0. The lowest BCUT2D eigenvalue weighted by Crippen LogP contribution is -2.40. The van der Waals surface area contributed by atoms with E-state index >= 15 is 0 Å². The van der Waals surface area contributed by atoms with Crippen LogP contribution in [0.5, 0.6) is 5.75 Å². The zero-order chi connectivity index (χ0) is 21.6. The maximum Gasteiger partial charge on any atom is 0.231 e. The molecule has 162 valence electrons. The topological polar surface area (TPSA) is 56.6 Å². The number of rotatable bonds is 6. The summed E-state index contributed by atoms with van der Waals surface area (Å²) in [5.74, 6) is 0.734. The number of piperidine rings is 1. The highest BCUT2D eigenvalue weighted by Crippen LogP contribution is 2.34. The number of anilines is 2. The Morgan fingerprint density at radius 1 is 1.16 bits per heavy atom. The van der Waals surface area contributed by atoms with Gasteiger partial charge in [0, 0.05) is 30.5 Å². The predicted molar refractivity (Wildman–Crippen MR) is 124 cm³/mol. The van der Waals surface area contributed by atoms with Crippen LogP contribution in [0.15, 0.2) is 42.5 Å². The zero-order valence-electron chi connectivity index (χ0n) is 18.3. The Labute approximate surface area is 185 Å². The molecule has 1 amide bonds. The fraction of sp³-hybridized carbons (Fsp3) is 0.462. The highest BCUT2D eigenvalue weighted by molar-refractivity contribution is 5.96. The normalized spacial score (nSPS) is 18.3. The average molecular weight is 418 g/mol. The molecule has 1 atom stereocenters. The average Bonchev–Trinajstić information content (AvgIpc) is 2.82. The third-order valence-corrected chi connectivity index (χ3v) is 6.47. The number of amides is 1. The summed E-state index contributed by atoms with van der Waals surface area (Å²) in [5, 5.41) is 8.70. The van der Waals surface area contributed by atoms with Gasteiger partial charge in [0.1, 0.15) is 11.8 Å². The molecule has 2 heterocycles. The molecule has 0 aliphatic carbocycles. The summed E-state index contributed by atoms with van der Waals surface area (Å²) in [6.07, 6.45) is 7.38. The molecule has 0 radical (unpaired) electrons. The lowest BCUT2D eigenvalue weighted by molar-refractivity contribution is -0.118. The van der Waals surface area contributed by atoms with Gasteiger partial charge in [-0.15, -0.1) is 0 Å². The molecule has 1 saturated heterocycles. The summed E-state index contributed by atoms with van der Waals surface area (Å²) >= 11 is 0. The molecule has 31 heavy (non-hydrogen) atoms. The van der Waals surface area contributed by atoms with Crippen LogP contribution in [0.4, 0.5) is 11.4 Å². The first-order valence-electron chi connectivity index (χ1n) is 11.5. The van der Waals surface area contributed by atoms with Crippen molar-refractivity contribution < 1.29 is 9.53 Å². The standard InChI is InChI=1S/C26H31N3O2/c1-2-22-9-3-4-14-28(22)23-11-12-25-21(19-23)8-6-15-29(25)26(30)18-20-7-5-10-24(17-20)31-16-13-27/h5,7,10-12,17,19,22H,2-4,6,8-9,14-16,18H2,1H3. The molecule has 4 rings (SSSR count). The van der Waals surface area contributed by atoms with Crippen molar-refractivity contribution in [3.63, 3.8) is 0 Å². The monoisotopic (exact) mass is 417 g/mol. The molecule has 0 bridgehead atoms. The van der Waals surface area contributed by atoms with Crippen LogP contribution in [-0.4, -0.2) is 31.6 Å². The second-order valence-electron chi connectivity index (χ2n) is 8.48. The van der Waals surface area contributed by atoms with Crippen LogP contribution in [0.1, 0.15) is 50.2 Å². The van der Waals surface area contributed by atoms with E-state index in [0.29, 0.717) is 18.2 Å². The lowest BCUT2D eigenvalue weighted by atomic mass is 9.96. The van der Waals surface area contributed by atoms with Crippen molar-refractivity contribution in [1.82, 2.24) is 0 Å². The molecular weight excluding hydrogens is 386 g/mol. The molecule has 0 spiro atoms. The Balaban J connectivity index is 1.50. The molecular formula is C26H31N3O2. The first kappa shape index (κ1) is 21.2. The van der Waals surface area contributed by atoms with E-state index in [0.717, 1.165) is 37.2 Å². The van der Waals surface area contributed by atoms with Crippen LogP contribution < -0.4 is 14.5 Å². The van der Waals surface area contributed by atoms with E-state index in [9.17, 15) is 4.79 Å². The van der Waals surface area contributed by atoms with E-state index in [2.05, 4.69) is 30.0 Å². The SMILES string of the molecule is CCC1CCCCN1c1ccc2c(c1)CCCN2C(=O)Cc1cccc(OCC#N)c1. The minimum absolute atomic E-state index is 0.00907. The molecule has 5 nitrogen and oxygen atoms in total. The highest BCUT2D eigenvalue weighted by atomic mass is 16.5. The first-order valence-corrected chi connectivity index (χ1v) is 11.5. The molecule has 2 aromatic carbocycles. The van der Waals surface area contributed by atoms with Crippen LogP contribution >= 0.6 is 0 Å². The van der Waals surface area contributed by atoms with Crippen LogP contribution in [0.2, 0.25) is 0 Å². The maximum atomic E-state index is 13.2. The molecule has 0 aromatic heterocycles. The molecule has 0 N–H and O–H groups in total. The van der Waals surface area contributed by atoms with Crippen molar-refractivity contribution in [3.05, 3.63) is 53.6 Å². The van der Waals surface area contributed by atoms with Gasteiger partial charge in [-0.1, -0.05) is 19.1 Å². The van der Waals surface area contributed by atoms with Gasteiger partial charge in [0.15, 0.2) is 6.61 Å². The molecule has 2 aliphatic rings. The van der Waals surface area contributed by atoms with E-state index in [4.69, 9.17) is 10.00 Å². The first-order chi connectivity index (χ1) is 15.2. The van der Waals surface area contributed by atoms with E-state index in [1.807, 2.05) is 35.2 Å². The zero-order valence-corrected chi connectivity index (χ0v) is 18.3. The van der Waals surface area contributed by atoms with Gasteiger partial charge in [-0.25, -0.2) is 0 Å². The van der Waals surface area contributed by atoms with E-state index < -0.39 is 0 Å². The van der Waals surface area contributed by atoms with Crippen molar-refractivity contribution in [2.24, 2.45) is 0 Å². The largest absolute Gasteiger partial charge is 0.479 e. The van der Waals surface area contributed by atoms with Gasteiger partial charge >= 0.3 is 0 Å². The van der Waals surface area contributed by atoms with Crippen molar-refractivity contribution in [2.75, 3.05) is 29.5 Å². The fourth-order valence-electron chi connectivity index (χ4n) is 4.92. The van der Waals surface area contributed by atoms with E-state index in [1.165, 1.54) is 36.9 Å². The molecule has 1 fully saturated rings. The molecule has 5 heteroatoms. The van der Waals surface area contributed by atoms with Crippen LogP contribution in [0, 0.1) is 11.3 Å². The number of nitrogens with zero attached hydrogens (tertiary/aromatic N) is 3. The Hall–Kier alpha value is -3.00. The second-order valence-corrected chi connectivity index (χ2v) is 8.48. The Bertz CT molecular complexity index is 965. The summed E-state index contributed by atoms with van der Waals surface area (Å²) in [4.78, 5) is 17.7. The van der Waals surface area contributed by atoms with Gasteiger partial charge in [0.2, 0.25) is 5.91 Å². The summed E-state index contributed by atoms with van der Waals surface area (Å²) < 4.78 is 5.38. The van der Waals surface area contributed by atoms with Gasteiger partial charge in [0.05, 0.1) is 6.42 Å². The summed E-state index contributed by atoms with van der Waals surface area (Å²) in [6.45, 7) is 4.18.